The summed E-state index contributed by atoms with van der Waals surface area (Å²) in [7, 11) is 0. The highest BCUT2D eigenvalue weighted by Crippen LogP contribution is 2.18. The summed E-state index contributed by atoms with van der Waals surface area (Å²) in [6.07, 6.45) is 3.57. The lowest BCUT2D eigenvalue weighted by molar-refractivity contribution is 0.0933. The number of hydrogen-bond acceptors (Lipinski definition) is 2. The number of Topliss-reactive ketones (excluding diaryl/α,β-unsaturated/α-hetero) is 1. The Kier molecular flexibility index (Phi) is 3.32. The van der Waals surface area contributed by atoms with Gasteiger partial charge in [0.25, 0.3) is 0 Å². The van der Waals surface area contributed by atoms with Gasteiger partial charge in [-0.2, -0.15) is 0 Å². The molecule has 1 unspecified atom stereocenters. The van der Waals surface area contributed by atoms with Gasteiger partial charge in [-0.3, -0.25) is 4.79 Å². The van der Waals surface area contributed by atoms with E-state index in [1.165, 1.54) is 5.56 Å². The first-order valence-electron chi connectivity index (χ1n) is 6.11. The van der Waals surface area contributed by atoms with E-state index in [2.05, 4.69) is 4.98 Å². The summed E-state index contributed by atoms with van der Waals surface area (Å²) in [5.74, 6) is 0.985. The molecule has 2 aromatic rings. The van der Waals surface area contributed by atoms with Crippen LogP contribution in [0.3, 0.4) is 0 Å². The number of hydrogen-bond donors (Lipinski definition) is 0. The molecule has 0 amide bonds. The van der Waals surface area contributed by atoms with Gasteiger partial charge in [-0.05, 0) is 44.9 Å². The molecule has 0 radical (unpaired) electrons. The highest BCUT2D eigenvalue weighted by atomic mass is 16.1. The van der Waals surface area contributed by atoms with E-state index >= 15 is 0 Å². The van der Waals surface area contributed by atoms with E-state index in [1.807, 2.05) is 56.7 Å². The molecule has 0 fully saturated rings. The van der Waals surface area contributed by atoms with Crippen molar-refractivity contribution in [3.05, 3.63) is 53.1 Å². The smallest absolute Gasteiger partial charge is 0.185 e. The number of imidazole rings is 1. The van der Waals surface area contributed by atoms with Crippen molar-refractivity contribution < 1.29 is 4.79 Å². The average molecular weight is 242 g/mol. The number of carbonyl (C=O) groups excluding carboxylic acids is 1. The fourth-order valence-electron chi connectivity index (χ4n) is 2.06. The molecule has 94 valence electrons. The van der Waals surface area contributed by atoms with Crippen molar-refractivity contribution in [1.82, 2.24) is 9.55 Å². The maximum absolute atomic E-state index is 12.4. The van der Waals surface area contributed by atoms with Crippen LogP contribution in [-0.2, 0) is 0 Å². The maximum Gasteiger partial charge on any atom is 0.185 e. The summed E-state index contributed by atoms with van der Waals surface area (Å²) < 4.78 is 1.90. The van der Waals surface area contributed by atoms with Crippen molar-refractivity contribution in [3.8, 4) is 0 Å². The molecule has 0 bridgehead atoms. The Hall–Kier alpha value is -1.90. The lowest BCUT2D eigenvalue weighted by atomic mass is 10.0. The van der Waals surface area contributed by atoms with Gasteiger partial charge in [0.1, 0.15) is 5.82 Å². The summed E-state index contributed by atoms with van der Waals surface area (Å²) in [4.78, 5) is 16.6. The first-order valence-corrected chi connectivity index (χ1v) is 6.11. The molecule has 0 saturated heterocycles. The number of aryl methyl sites for hydroxylation is 3. The van der Waals surface area contributed by atoms with E-state index in [0.29, 0.717) is 0 Å². The third-order valence-electron chi connectivity index (χ3n) is 3.45. The Bertz CT molecular complexity index is 584. The van der Waals surface area contributed by atoms with E-state index in [-0.39, 0.29) is 11.8 Å². The zero-order valence-electron chi connectivity index (χ0n) is 11.3. The van der Waals surface area contributed by atoms with Crippen LogP contribution < -0.4 is 0 Å². The second kappa shape index (κ2) is 4.77. The van der Waals surface area contributed by atoms with Crippen LogP contribution in [0.1, 0.15) is 40.3 Å². The molecule has 0 aliphatic rings. The molecule has 1 aromatic carbocycles. The van der Waals surface area contributed by atoms with E-state index < -0.39 is 0 Å². The zero-order valence-corrected chi connectivity index (χ0v) is 11.3. The second-order valence-electron chi connectivity index (χ2n) is 4.72. The topological polar surface area (TPSA) is 34.9 Å². The number of rotatable bonds is 3. The normalized spacial score (nSPS) is 12.4. The number of benzene rings is 1. The Balaban J connectivity index is 2.31. The third kappa shape index (κ3) is 2.21. The van der Waals surface area contributed by atoms with Crippen molar-refractivity contribution in [2.75, 3.05) is 0 Å². The molecular weight excluding hydrogens is 224 g/mol. The van der Waals surface area contributed by atoms with Crippen molar-refractivity contribution in [2.45, 2.75) is 33.7 Å². The summed E-state index contributed by atoms with van der Waals surface area (Å²) in [5.41, 5.74) is 3.12. The summed E-state index contributed by atoms with van der Waals surface area (Å²) >= 11 is 0. The van der Waals surface area contributed by atoms with Crippen LogP contribution in [0.5, 0.6) is 0 Å². The summed E-state index contributed by atoms with van der Waals surface area (Å²) in [6, 6.07) is 5.64. The van der Waals surface area contributed by atoms with Crippen molar-refractivity contribution >= 4 is 5.78 Å². The minimum absolute atomic E-state index is 0.124. The minimum atomic E-state index is -0.213. The van der Waals surface area contributed by atoms with Crippen molar-refractivity contribution in [2.24, 2.45) is 0 Å². The van der Waals surface area contributed by atoms with Crippen LogP contribution in [-0.4, -0.2) is 15.3 Å². The van der Waals surface area contributed by atoms with E-state index in [0.717, 1.165) is 17.0 Å². The Labute approximate surface area is 107 Å². The van der Waals surface area contributed by atoms with Gasteiger partial charge >= 0.3 is 0 Å². The zero-order chi connectivity index (χ0) is 13.3. The minimum Gasteiger partial charge on any atom is -0.325 e. The molecule has 1 heterocycles. The van der Waals surface area contributed by atoms with Gasteiger partial charge in [0.2, 0.25) is 0 Å². The van der Waals surface area contributed by atoms with Crippen LogP contribution >= 0.6 is 0 Å². The van der Waals surface area contributed by atoms with E-state index in [9.17, 15) is 4.79 Å². The lowest BCUT2D eigenvalue weighted by Crippen LogP contribution is -2.17. The predicted molar refractivity (Wildman–Crippen MR) is 71.9 cm³/mol. The van der Waals surface area contributed by atoms with Crippen molar-refractivity contribution in [3.63, 3.8) is 0 Å². The van der Waals surface area contributed by atoms with Crippen LogP contribution in [0.15, 0.2) is 30.6 Å². The van der Waals surface area contributed by atoms with Gasteiger partial charge in [-0.1, -0.05) is 12.1 Å². The number of carbonyl (C=O) groups is 1. The number of aromatic nitrogens is 2. The van der Waals surface area contributed by atoms with Gasteiger partial charge in [-0.15, -0.1) is 0 Å². The van der Waals surface area contributed by atoms with E-state index in [4.69, 9.17) is 0 Å². The average Bonchev–Trinajstić information content (AvgIpc) is 2.77. The first-order chi connectivity index (χ1) is 8.50. The standard InChI is InChI=1S/C15H18N2O/c1-10-5-6-14(9-11(10)2)15(18)12(3)17-8-7-16-13(17)4/h5-9,12H,1-4H3. The summed E-state index contributed by atoms with van der Waals surface area (Å²) in [6.45, 7) is 7.89. The highest BCUT2D eigenvalue weighted by Gasteiger charge is 2.18. The molecule has 1 aromatic heterocycles. The predicted octanol–water partition coefficient (Wildman–Crippen LogP) is 3.25. The molecular formula is C15H18N2O. The monoisotopic (exact) mass is 242 g/mol. The highest BCUT2D eigenvalue weighted by molar-refractivity contribution is 5.99. The Morgan fingerprint density at radius 2 is 1.94 bits per heavy atom. The van der Waals surface area contributed by atoms with Crippen LogP contribution in [0.2, 0.25) is 0 Å². The van der Waals surface area contributed by atoms with Gasteiger partial charge in [0.15, 0.2) is 5.78 Å². The molecule has 2 rings (SSSR count). The quantitative estimate of drug-likeness (QED) is 0.774. The molecule has 3 nitrogen and oxygen atoms in total. The Morgan fingerprint density at radius 3 is 2.50 bits per heavy atom. The number of ketones is 1. The number of nitrogens with zero attached hydrogens (tertiary/aromatic N) is 2. The SMILES string of the molecule is Cc1ccc(C(=O)C(C)n2ccnc2C)cc1C. The maximum atomic E-state index is 12.4. The van der Waals surface area contributed by atoms with Crippen molar-refractivity contribution in [1.29, 1.82) is 0 Å². The Morgan fingerprint density at radius 1 is 1.22 bits per heavy atom. The molecule has 18 heavy (non-hydrogen) atoms. The first kappa shape index (κ1) is 12.6. The van der Waals surface area contributed by atoms with Gasteiger partial charge in [0, 0.05) is 18.0 Å². The molecule has 1 atom stereocenters. The molecule has 3 heteroatoms. The lowest BCUT2D eigenvalue weighted by Gasteiger charge is -2.14. The fourth-order valence-corrected chi connectivity index (χ4v) is 2.06. The molecule has 0 spiro atoms. The van der Waals surface area contributed by atoms with E-state index in [1.54, 1.807) is 6.20 Å². The molecule has 0 aliphatic carbocycles. The molecule has 0 N–H and O–H groups in total. The largest absolute Gasteiger partial charge is 0.325 e. The van der Waals surface area contributed by atoms with Gasteiger partial charge in [-0.25, -0.2) is 4.98 Å². The fraction of sp³-hybridized carbons (Fsp3) is 0.333. The van der Waals surface area contributed by atoms with Crippen LogP contribution in [0, 0.1) is 20.8 Å². The van der Waals surface area contributed by atoms with Crippen LogP contribution in [0.25, 0.3) is 0 Å². The summed E-state index contributed by atoms with van der Waals surface area (Å²) in [5, 5.41) is 0. The molecule has 0 aliphatic heterocycles. The van der Waals surface area contributed by atoms with Crippen LogP contribution in [0.4, 0.5) is 0 Å². The van der Waals surface area contributed by atoms with Gasteiger partial charge < -0.3 is 4.57 Å². The third-order valence-corrected chi connectivity index (χ3v) is 3.45. The molecule has 0 saturated carbocycles. The second-order valence-corrected chi connectivity index (χ2v) is 4.72. The van der Waals surface area contributed by atoms with Gasteiger partial charge in [0.05, 0.1) is 6.04 Å².